The van der Waals surface area contributed by atoms with Gasteiger partial charge in [-0.1, -0.05) is 29.3 Å². The summed E-state index contributed by atoms with van der Waals surface area (Å²) in [6, 6.07) is 8.34. The lowest BCUT2D eigenvalue weighted by atomic mass is 10.0. The van der Waals surface area contributed by atoms with Crippen molar-refractivity contribution < 1.29 is 9.53 Å². The molecular weight excluding hydrogens is 285 g/mol. The number of halogens is 2. The van der Waals surface area contributed by atoms with E-state index in [1.807, 2.05) is 0 Å². The molecule has 0 aliphatic heterocycles. The van der Waals surface area contributed by atoms with E-state index in [0.717, 1.165) is 5.56 Å². The van der Waals surface area contributed by atoms with Crippen LogP contribution in [-0.4, -0.2) is 17.9 Å². The smallest absolute Gasteiger partial charge is 0.212 e. The molecule has 1 aromatic heterocycles. The number of carbonyl (C=O) groups is 1. The minimum absolute atomic E-state index is 0.0977. The molecule has 0 spiro atoms. The van der Waals surface area contributed by atoms with E-state index in [4.69, 9.17) is 27.9 Å². The van der Waals surface area contributed by atoms with Gasteiger partial charge in [0.15, 0.2) is 5.78 Å². The van der Waals surface area contributed by atoms with Gasteiger partial charge in [0, 0.05) is 29.3 Å². The molecule has 5 heteroatoms. The van der Waals surface area contributed by atoms with E-state index in [1.165, 1.54) is 0 Å². The first kappa shape index (κ1) is 13.8. The minimum Gasteiger partial charge on any atom is -0.481 e. The molecule has 2 rings (SSSR count). The first-order valence-electron chi connectivity index (χ1n) is 5.57. The molecule has 0 unspecified atom stereocenters. The van der Waals surface area contributed by atoms with Gasteiger partial charge in [0.25, 0.3) is 0 Å². The summed E-state index contributed by atoms with van der Waals surface area (Å²) >= 11 is 11.9. The van der Waals surface area contributed by atoms with E-state index in [2.05, 4.69) is 4.98 Å². The van der Waals surface area contributed by atoms with Crippen LogP contribution in [0.1, 0.15) is 15.9 Å². The number of rotatable bonds is 4. The number of carbonyl (C=O) groups excluding carboxylic acids is 1. The lowest BCUT2D eigenvalue weighted by molar-refractivity contribution is 0.0993. The van der Waals surface area contributed by atoms with Gasteiger partial charge < -0.3 is 4.74 Å². The Kier molecular flexibility index (Phi) is 4.40. The molecule has 1 heterocycles. The molecule has 0 atom stereocenters. The largest absolute Gasteiger partial charge is 0.481 e. The third-order valence-corrected chi connectivity index (χ3v) is 3.16. The summed E-state index contributed by atoms with van der Waals surface area (Å²) in [6.45, 7) is 0. The van der Waals surface area contributed by atoms with Crippen molar-refractivity contribution in [3.8, 4) is 5.88 Å². The molecular formula is C14H11Cl2NO2. The summed E-state index contributed by atoms with van der Waals surface area (Å²) in [5, 5.41) is 0.886. The number of hydrogen-bond acceptors (Lipinski definition) is 3. The Morgan fingerprint density at radius 2 is 2.05 bits per heavy atom. The van der Waals surface area contributed by atoms with Crippen LogP contribution in [0.2, 0.25) is 10.0 Å². The first-order valence-corrected chi connectivity index (χ1v) is 6.33. The highest BCUT2D eigenvalue weighted by Crippen LogP contribution is 2.22. The summed E-state index contributed by atoms with van der Waals surface area (Å²) in [6.07, 6.45) is 1.83. The molecule has 0 bridgehead atoms. The molecule has 0 saturated carbocycles. The molecule has 2 aromatic rings. The monoisotopic (exact) mass is 295 g/mol. The SMILES string of the molecule is COc1ccc(CC(=O)c2cc(Cl)ccc2Cl)cn1. The molecule has 0 radical (unpaired) electrons. The van der Waals surface area contributed by atoms with Gasteiger partial charge in [-0.3, -0.25) is 4.79 Å². The van der Waals surface area contributed by atoms with Crippen molar-refractivity contribution in [3.05, 3.63) is 57.7 Å². The summed E-state index contributed by atoms with van der Waals surface area (Å²) in [5.41, 5.74) is 1.21. The van der Waals surface area contributed by atoms with Crippen LogP contribution in [0.3, 0.4) is 0 Å². The van der Waals surface area contributed by atoms with Gasteiger partial charge in [-0.15, -0.1) is 0 Å². The molecule has 0 fully saturated rings. The van der Waals surface area contributed by atoms with Gasteiger partial charge in [-0.25, -0.2) is 4.98 Å². The van der Waals surface area contributed by atoms with Crippen molar-refractivity contribution in [3.63, 3.8) is 0 Å². The van der Waals surface area contributed by atoms with Crippen molar-refractivity contribution in [1.82, 2.24) is 4.98 Å². The average Bonchev–Trinajstić information content (AvgIpc) is 2.42. The molecule has 0 aliphatic carbocycles. The van der Waals surface area contributed by atoms with Crippen LogP contribution in [0.25, 0.3) is 0 Å². The molecule has 0 amide bonds. The fraction of sp³-hybridized carbons (Fsp3) is 0.143. The quantitative estimate of drug-likeness (QED) is 0.805. The van der Waals surface area contributed by atoms with Gasteiger partial charge in [0.2, 0.25) is 5.88 Å². The number of methoxy groups -OCH3 is 1. The van der Waals surface area contributed by atoms with E-state index in [9.17, 15) is 4.79 Å². The van der Waals surface area contributed by atoms with Crippen molar-refractivity contribution in [2.45, 2.75) is 6.42 Å². The van der Waals surface area contributed by atoms with Crippen LogP contribution >= 0.6 is 23.2 Å². The maximum Gasteiger partial charge on any atom is 0.212 e. The van der Waals surface area contributed by atoms with E-state index >= 15 is 0 Å². The summed E-state index contributed by atoms with van der Waals surface area (Å²) in [7, 11) is 1.54. The van der Waals surface area contributed by atoms with E-state index in [1.54, 1.807) is 43.6 Å². The zero-order valence-corrected chi connectivity index (χ0v) is 11.7. The number of ether oxygens (including phenoxy) is 1. The maximum atomic E-state index is 12.1. The van der Waals surface area contributed by atoms with Gasteiger partial charge in [0.05, 0.1) is 12.1 Å². The predicted octanol–water partition coefficient (Wildman–Crippen LogP) is 3.82. The first-order chi connectivity index (χ1) is 9.10. The Morgan fingerprint density at radius 1 is 1.26 bits per heavy atom. The maximum absolute atomic E-state index is 12.1. The minimum atomic E-state index is -0.0977. The van der Waals surface area contributed by atoms with Crippen molar-refractivity contribution in [2.75, 3.05) is 7.11 Å². The van der Waals surface area contributed by atoms with Gasteiger partial charge in [-0.2, -0.15) is 0 Å². The Balaban J connectivity index is 2.18. The fourth-order valence-electron chi connectivity index (χ4n) is 1.63. The topological polar surface area (TPSA) is 39.2 Å². The number of nitrogens with zero attached hydrogens (tertiary/aromatic N) is 1. The Hall–Kier alpha value is -1.58. The van der Waals surface area contributed by atoms with E-state index in [-0.39, 0.29) is 12.2 Å². The lowest BCUT2D eigenvalue weighted by Crippen LogP contribution is -2.05. The normalized spacial score (nSPS) is 10.3. The second kappa shape index (κ2) is 6.04. The van der Waals surface area contributed by atoms with Gasteiger partial charge >= 0.3 is 0 Å². The van der Waals surface area contributed by atoms with Crippen molar-refractivity contribution >= 4 is 29.0 Å². The summed E-state index contributed by atoms with van der Waals surface area (Å²) in [4.78, 5) is 16.2. The number of Topliss-reactive ketones (excluding diaryl/α,β-unsaturated/α-hetero) is 1. The Bertz CT molecular complexity index is 597. The Labute approximate surface area is 121 Å². The molecule has 19 heavy (non-hydrogen) atoms. The molecule has 98 valence electrons. The zero-order chi connectivity index (χ0) is 13.8. The number of pyridine rings is 1. The Morgan fingerprint density at radius 3 is 2.68 bits per heavy atom. The third-order valence-electron chi connectivity index (χ3n) is 2.60. The lowest BCUT2D eigenvalue weighted by Gasteiger charge is -2.05. The molecule has 0 saturated heterocycles. The molecule has 0 aliphatic rings. The van der Waals surface area contributed by atoms with Crippen LogP contribution in [0.4, 0.5) is 0 Å². The molecule has 3 nitrogen and oxygen atoms in total. The highest BCUT2D eigenvalue weighted by atomic mass is 35.5. The average molecular weight is 296 g/mol. The third kappa shape index (κ3) is 3.46. The zero-order valence-electron chi connectivity index (χ0n) is 10.2. The second-order valence-corrected chi connectivity index (χ2v) is 4.78. The van der Waals surface area contributed by atoms with Crippen LogP contribution in [-0.2, 0) is 6.42 Å². The number of ketones is 1. The number of benzene rings is 1. The van der Waals surface area contributed by atoms with E-state index < -0.39 is 0 Å². The van der Waals surface area contributed by atoms with Gasteiger partial charge in [-0.05, 0) is 23.8 Å². The highest BCUT2D eigenvalue weighted by molar-refractivity contribution is 6.35. The van der Waals surface area contributed by atoms with Crippen LogP contribution in [0.15, 0.2) is 36.5 Å². The summed E-state index contributed by atoms with van der Waals surface area (Å²) in [5.74, 6) is 0.413. The number of aromatic nitrogens is 1. The fourth-order valence-corrected chi connectivity index (χ4v) is 2.02. The molecule has 0 N–H and O–H groups in total. The second-order valence-electron chi connectivity index (χ2n) is 3.93. The van der Waals surface area contributed by atoms with Crippen molar-refractivity contribution in [1.29, 1.82) is 0 Å². The predicted molar refractivity (Wildman–Crippen MR) is 75.3 cm³/mol. The van der Waals surface area contributed by atoms with E-state index in [0.29, 0.717) is 21.5 Å². The summed E-state index contributed by atoms with van der Waals surface area (Å²) < 4.78 is 4.96. The highest BCUT2D eigenvalue weighted by Gasteiger charge is 2.12. The van der Waals surface area contributed by atoms with Crippen LogP contribution in [0, 0.1) is 0 Å². The van der Waals surface area contributed by atoms with Gasteiger partial charge in [0.1, 0.15) is 0 Å². The van der Waals surface area contributed by atoms with Crippen molar-refractivity contribution in [2.24, 2.45) is 0 Å². The molecule has 1 aromatic carbocycles. The van der Waals surface area contributed by atoms with Crippen LogP contribution < -0.4 is 4.74 Å². The standard InChI is InChI=1S/C14H11Cl2NO2/c1-19-14-5-2-9(8-17-14)6-13(18)11-7-10(15)3-4-12(11)16/h2-5,7-8H,6H2,1H3. The number of hydrogen-bond donors (Lipinski definition) is 0. The van der Waals surface area contributed by atoms with Crippen LogP contribution in [0.5, 0.6) is 5.88 Å².